The standard InChI is InChI=1S/C17H23ClN2O4S/c1-3-25-15-8-12(18)4-5-14(15)17(23)20-6-7-24-13(10-20)9-19(2)11-16(21)22/h4-5,8,13H,3,6-7,9-11H2,1-2H3,(H,21,22). The molecule has 1 N–H and O–H groups in total. The molecule has 1 unspecified atom stereocenters. The number of carbonyl (C=O) groups is 2. The quantitative estimate of drug-likeness (QED) is 0.725. The lowest BCUT2D eigenvalue weighted by atomic mass is 10.1. The van der Waals surface area contributed by atoms with Gasteiger partial charge < -0.3 is 14.7 Å². The number of morpholine rings is 1. The van der Waals surface area contributed by atoms with Gasteiger partial charge in [-0.15, -0.1) is 11.8 Å². The zero-order valence-electron chi connectivity index (χ0n) is 14.4. The van der Waals surface area contributed by atoms with Crippen molar-refractivity contribution in [2.75, 3.05) is 45.6 Å². The molecule has 1 aliphatic rings. The van der Waals surface area contributed by atoms with Crippen LogP contribution in [0, 0.1) is 0 Å². The fourth-order valence-corrected chi connectivity index (χ4v) is 3.84. The van der Waals surface area contributed by atoms with Gasteiger partial charge in [-0.1, -0.05) is 18.5 Å². The highest BCUT2D eigenvalue weighted by Gasteiger charge is 2.27. The van der Waals surface area contributed by atoms with Gasteiger partial charge in [0.25, 0.3) is 5.91 Å². The molecule has 0 radical (unpaired) electrons. The number of carboxylic acid groups (broad SMARTS) is 1. The van der Waals surface area contributed by atoms with E-state index in [1.54, 1.807) is 40.7 Å². The Morgan fingerprint density at radius 3 is 2.92 bits per heavy atom. The summed E-state index contributed by atoms with van der Waals surface area (Å²) in [5.74, 6) is -0.0674. The molecule has 1 fully saturated rings. The summed E-state index contributed by atoms with van der Waals surface area (Å²) >= 11 is 7.64. The molecule has 1 amide bonds. The van der Waals surface area contributed by atoms with E-state index in [0.29, 0.717) is 36.8 Å². The first kappa shape index (κ1) is 20.0. The molecule has 8 heteroatoms. The maximum atomic E-state index is 12.9. The van der Waals surface area contributed by atoms with Gasteiger partial charge in [0.15, 0.2) is 0 Å². The number of aliphatic carboxylic acids is 1. The lowest BCUT2D eigenvalue weighted by Gasteiger charge is -2.35. The lowest BCUT2D eigenvalue weighted by Crippen LogP contribution is -2.49. The van der Waals surface area contributed by atoms with Crippen LogP contribution in [0.4, 0.5) is 0 Å². The molecule has 1 saturated heterocycles. The lowest BCUT2D eigenvalue weighted by molar-refractivity contribution is -0.138. The summed E-state index contributed by atoms with van der Waals surface area (Å²) in [6, 6.07) is 5.32. The number of hydrogen-bond donors (Lipinski definition) is 1. The van der Waals surface area contributed by atoms with Crippen LogP contribution >= 0.6 is 23.4 Å². The molecule has 1 aromatic carbocycles. The van der Waals surface area contributed by atoms with E-state index in [-0.39, 0.29) is 18.6 Å². The predicted octanol–water partition coefficient (Wildman–Crippen LogP) is 2.31. The van der Waals surface area contributed by atoms with Gasteiger partial charge in [0.05, 0.1) is 24.8 Å². The van der Waals surface area contributed by atoms with Crippen LogP contribution in [0.25, 0.3) is 0 Å². The Morgan fingerprint density at radius 2 is 2.24 bits per heavy atom. The fraction of sp³-hybridized carbons (Fsp3) is 0.529. The molecule has 1 aliphatic heterocycles. The van der Waals surface area contributed by atoms with Gasteiger partial charge in [0, 0.05) is 29.6 Å². The van der Waals surface area contributed by atoms with Crippen molar-refractivity contribution in [1.29, 1.82) is 0 Å². The number of halogens is 1. The minimum Gasteiger partial charge on any atom is -0.480 e. The van der Waals surface area contributed by atoms with Crippen LogP contribution in [0.2, 0.25) is 5.02 Å². The zero-order valence-corrected chi connectivity index (χ0v) is 16.0. The summed E-state index contributed by atoms with van der Waals surface area (Å²) in [6.07, 6.45) is -0.198. The molecule has 1 atom stereocenters. The predicted molar refractivity (Wildman–Crippen MR) is 98.6 cm³/mol. The topological polar surface area (TPSA) is 70.1 Å². The van der Waals surface area contributed by atoms with Gasteiger partial charge in [-0.05, 0) is 31.0 Å². The Hall–Kier alpha value is -1.28. The molecule has 138 valence electrons. The molecular weight excluding hydrogens is 364 g/mol. The van der Waals surface area contributed by atoms with Gasteiger partial charge in [-0.25, -0.2) is 0 Å². The van der Waals surface area contributed by atoms with Gasteiger partial charge in [0.2, 0.25) is 0 Å². The van der Waals surface area contributed by atoms with E-state index in [0.717, 1.165) is 10.6 Å². The summed E-state index contributed by atoms with van der Waals surface area (Å²) in [5, 5.41) is 9.46. The third-order valence-electron chi connectivity index (χ3n) is 3.82. The number of hydrogen-bond acceptors (Lipinski definition) is 5. The Kier molecular flexibility index (Phi) is 7.56. The van der Waals surface area contributed by atoms with E-state index in [4.69, 9.17) is 21.4 Å². The van der Waals surface area contributed by atoms with Crippen LogP contribution in [0.15, 0.2) is 23.1 Å². The van der Waals surface area contributed by atoms with Gasteiger partial charge in [0.1, 0.15) is 0 Å². The van der Waals surface area contributed by atoms with Gasteiger partial charge >= 0.3 is 5.97 Å². The van der Waals surface area contributed by atoms with Crippen molar-refractivity contribution in [3.63, 3.8) is 0 Å². The summed E-state index contributed by atoms with van der Waals surface area (Å²) < 4.78 is 5.69. The van der Waals surface area contributed by atoms with Crippen LogP contribution in [-0.2, 0) is 9.53 Å². The third kappa shape index (κ3) is 5.88. The van der Waals surface area contributed by atoms with Crippen LogP contribution < -0.4 is 0 Å². The smallest absolute Gasteiger partial charge is 0.317 e. The number of nitrogens with zero attached hydrogens (tertiary/aromatic N) is 2. The van der Waals surface area contributed by atoms with E-state index >= 15 is 0 Å². The van der Waals surface area contributed by atoms with Crippen molar-refractivity contribution in [3.05, 3.63) is 28.8 Å². The largest absolute Gasteiger partial charge is 0.480 e. The third-order valence-corrected chi connectivity index (χ3v) is 4.99. The second-order valence-electron chi connectivity index (χ2n) is 5.91. The molecule has 0 aliphatic carbocycles. The highest BCUT2D eigenvalue weighted by Crippen LogP contribution is 2.27. The number of thioether (sulfide) groups is 1. The maximum absolute atomic E-state index is 12.9. The molecule has 2 rings (SSSR count). The number of benzene rings is 1. The Bertz CT molecular complexity index is 629. The molecule has 6 nitrogen and oxygen atoms in total. The number of likely N-dealkylation sites (N-methyl/N-ethyl adjacent to an activating group) is 1. The van der Waals surface area contributed by atoms with Crippen LogP contribution in [0.1, 0.15) is 17.3 Å². The first-order valence-electron chi connectivity index (χ1n) is 8.14. The maximum Gasteiger partial charge on any atom is 0.317 e. The van der Waals surface area contributed by atoms with Gasteiger partial charge in [-0.3, -0.25) is 14.5 Å². The van der Waals surface area contributed by atoms with Crippen molar-refractivity contribution in [1.82, 2.24) is 9.80 Å². The zero-order chi connectivity index (χ0) is 18.4. The number of carbonyl (C=O) groups excluding carboxylic acids is 1. The van der Waals surface area contributed by atoms with E-state index in [1.165, 1.54) is 0 Å². The van der Waals surface area contributed by atoms with Crippen molar-refractivity contribution in [2.45, 2.75) is 17.9 Å². The Labute approximate surface area is 157 Å². The number of carboxylic acids is 1. The monoisotopic (exact) mass is 386 g/mol. The Balaban J connectivity index is 2.05. The first-order chi connectivity index (χ1) is 11.9. The average Bonchev–Trinajstić information content (AvgIpc) is 2.54. The summed E-state index contributed by atoms with van der Waals surface area (Å²) in [4.78, 5) is 28.0. The van der Waals surface area contributed by atoms with E-state index in [1.807, 2.05) is 13.0 Å². The number of ether oxygens (including phenoxy) is 1. The minimum atomic E-state index is -0.881. The molecule has 0 spiro atoms. The Morgan fingerprint density at radius 1 is 1.48 bits per heavy atom. The second kappa shape index (κ2) is 9.43. The van der Waals surface area contributed by atoms with Crippen molar-refractivity contribution in [3.8, 4) is 0 Å². The summed E-state index contributed by atoms with van der Waals surface area (Å²) in [7, 11) is 1.73. The molecule has 1 heterocycles. The highest BCUT2D eigenvalue weighted by molar-refractivity contribution is 7.99. The minimum absolute atomic E-state index is 0.0400. The first-order valence-corrected chi connectivity index (χ1v) is 9.50. The van der Waals surface area contributed by atoms with Crippen LogP contribution in [0.3, 0.4) is 0 Å². The van der Waals surface area contributed by atoms with E-state index in [2.05, 4.69) is 0 Å². The summed E-state index contributed by atoms with van der Waals surface area (Å²) in [6.45, 7) is 3.86. The van der Waals surface area contributed by atoms with Crippen LogP contribution in [-0.4, -0.2) is 78.5 Å². The molecule has 1 aromatic rings. The number of rotatable bonds is 7. The highest BCUT2D eigenvalue weighted by atomic mass is 35.5. The second-order valence-corrected chi connectivity index (χ2v) is 7.65. The van der Waals surface area contributed by atoms with Crippen molar-refractivity contribution in [2.24, 2.45) is 0 Å². The molecule has 25 heavy (non-hydrogen) atoms. The molecule has 0 saturated carbocycles. The molecule has 0 aromatic heterocycles. The normalized spacial score (nSPS) is 17.8. The molecule has 0 bridgehead atoms. The van der Waals surface area contributed by atoms with Crippen LogP contribution in [0.5, 0.6) is 0 Å². The average molecular weight is 387 g/mol. The number of amides is 1. The summed E-state index contributed by atoms with van der Waals surface area (Å²) in [5.41, 5.74) is 0.649. The SMILES string of the molecule is CCSc1cc(Cl)ccc1C(=O)N1CCOC(CN(C)CC(=O)O)C1. The molecular formula is C17H23ClN2O4S. The van der Waals surface area contributed by atoms with Gasteiger partial charge in [-0.2, -0.15) is 0 Å². The van der Waals surface area contributed by atoms with E-state index < -0.39 is 5.97 Å². The fourth-order valence-electron chi connectivity index (χ4n) is 2.78. The van der Waals surface area contributed by atoms with Crippen molar-refractivity contribution < 1.29 is 19.4 Å². The van der Waals surface area contributed by atoms with E-state index in [9.17, 15) is 9.59 Å². The van der Waals surface area contributed by atoms with Crippen molar-refractivity contribution >= 4 is 35.2 Å².